The first-order chi connectivity index (χ1) is 16.3. The molecule has 5 rings (SSSR count). The Morgan fingerprint density at radius 1 is 0.727 bits per heavy atom. The van der Waals surface area contributed by atoms with Crippen LogP contribution in [0.15, 0.2) is 84.0 Å². The molecule has 3 aromatic carbocycles. The summed E-state index contributed by atoms with van der Waals surface area (Å²) >= 11 is 0. The number of oxime groups is 1. The second-order valence-electron chi connectivity index (χ2n) is 8.27. The monoisotopic (exact) mass is 444 g/mol. The van der Waals surface area contributed by atoms with E-state index in [-0.39, 0.29) is 18.0 Å². The first-order valence-corrected chi connectivity index (χ1v) is 11.4. The molecule has 0 radical (unpaired) electrons. The molecule has 2 bridgehead atoms. The molecule has 2 aliphatic heterocycles. The van der Waals surface area contributed by atoms with Crippen LogP contribution in [0.3, 0.4) is 0 Å². The molecule has 170 valence electrons. The van der Waals surface area contributed by atoms with Gasteiger partial charge in [0.25, 0.3) is 0 Å². The largest absolute Gasteiger partial charge is 0.491 e. The Bertz CT molecular complexity index is 1100. The highest BCUT2D eigenvalue weighted by Gasteiger charge is 2.39. The van der Waals surface area contributed by atoms with Gasteiger partial charge in [0.05, 0.1) is 18.9 Å². The molecular weight excluding hydrogens is 416 g/mol. The molecule has 0 saturated carbocycles. The highest BCUT2D eigenvalue weighted by atomic mass is 16.5. The van der Waals surface area contributed by atoms with E-state index >= 15 is 0 Å². The first kappa shape index (κ1) is 21.5. The lowest BCUT2D eigenvalue weighted by molar-refractivity contribution is 0.0751. The predicted molar refractivity (Wildman–Crippen MR) is 126 cm³/mol. The molecule has 2 N–H and O–H groups in total. The SMILES string of the molecule is O/N=C1/C[C@H]2N[C@@H](c3ccccc3OCCOCCOc3ccccc32)[C@@H]1c1ccccc1. The van der Waals surface area contributed by atoms with Gasteiger partial charge in [0.2, 0.25) is 0 Å². The first-order valence-electron chi connectivity index (χ1n) is 11.4. The minimum absolute atomic E-state index is 0.0889. The van der Waals surface area contributed by atoms with Crippen LogP contribution in [0.4, 0.5) is 0 Å². The van der Waals surface area contributed by atoms with Gasteiger partial charge in [-0.15, -0.1) is 0 Å². The van der Waals surface area contributed by atoms with Gasteiger partial charge < -0.3 is 24.7 Å². The number of hydrogen-bond donors (Lipinski definition) is 2. The summed E-state index contributed by atoms with van der Waals surface area (Å²) in [6.07, 6.45) is 0.562. The van der Waals surface area contributed by atoms with E-state index in [1.54, 1.807) is 0 Å². The van der Waals surface area contributed by atoms with Crippen LogP contribution in [0.2, 0.25) is 0 Å². The van der Waals surface area contributed by atoms with Crippen LogP contribution in [0.5, 0.6) is 11.5 Å². The zero-order valence-electron chi connectivity index (χ0n) is 18.4. The van der Waals surface area contributed by atoms with Crippen molar-refractivity contribution in [3.05, 3.63) is 95.6 Å². The summed E-state index contributed by atoms with van der Waals surface area (Å²) in [5.41, 5.74) is 3.87. The summed E-state index contributed by atoms with van der Waals surface area (Å²) in [4.78, 5) is 0. The van der Waals surface area contributed by atoms with Crippen LogP contribution >= 0.6 is 0 Å². The second kappa shape index (κ2) is 10.1. The number of fused-ring (bicyclic) bond motifs is 6. The zero-order chi connectivity index (χ0) is 22.5. The highest BCUT2D eigenvalue weighted by molar-refractivity contribution is 5.93. The maximum absolute atomic E-state index is 10.1. The molecular formula is C27H28N2O4. The third-order valence-corrected chi connectivity index (χ3v) is 6.29. The van der Waals surface area contributed by atoms with Crippen LogP contribution in [0.25, 0.3) is 0 Å². The average Bonchev–Trinajstić information content (AvgIpc) is 2.88. The van der Waals surface area contributed by atoms with Crippen molar-refractivity contribution in [1.82, 2.24) is 5.32 Å². The summed E-state index contributed by atoms with van der Waals surface area (Å²) in [5, 5.41) is 17.8. The van der Waals surface area contributed by atoms with E-state index in [9.17, 15) is 5.21 Å². The zero-order valence-corrected chi connectivity index (χ0v) is 18.4. The minimum Gasteiger partial charge on any atom is -0.491 e. The van der Waals surface area contributed by atoms with Crippen LogP contribution in [-0.2, 0) is 4.74 Å². The van der Waals surface area contributed by atoms with Gasteiger partial charge in [0, 0.05) is 35.5 Å². The van der Waals surface area contributed by atoms with Crippen molar-refractivity contribution >= 4 is 5.71 Å². The molecule has 0 unspecified atom stereocenters. The molecule has 3 aromatic rings. The summed E-state index contributed by atoms with van der Waals surface area (Å²) < 4.78 is 17.9. The molecule has 2 heterocycles. The maximum atomic E-state index is 10.1. The normalized spacial score (nSPS) is 24.5. The van der Waals surface area contributed by atoms with Gasteiger partial charge in [-0.25, -0.2) is 0 Å². The van der Waals surface area contributed by atoms with Gasteiger partial charge in [-0.05, 0) is 17.7 Å². The number of benzene rings is 3. The van der Waals surface area contributed by atoms with Crippen molar-refractivity contribution in [3.63, 3.8) is 0 Å². The Balaban J connectivity index is 1.64. The fourth-order valence-corrected chi connectivity index (χ4v) is 4.81. The number of nitrogens with zero attached hydrogens (tertiary/aromatic N) is 1. The number of piperidine rings is 1. The van der Waals surface area contributed by atoms with Gasteiger partial charge in [0.15, 0.2) is 0 Å². The Morgan fingerprint density at radius 3 is 2.03 bits per heavy atom. The summed E-state index contributed by atoms with van der Waals surface area (Å²) in [6, 6.07) is 26.0. The summed E-state index contributed by atoms with van der Waals surface area (Å²) in [6.45, 7) is 1.86. The van der Waals surface area contributed by atoms with E-state index in [0.29, 0.717) is 32.8 Å². The van der Waals surface area contributed by atoms with E-state index in [2.05, 4.69) is 34.7 Å². The van der Waals surface area contributed by atoms with Crippen molar-refractivity contribution in [3.8, 4) is 11.5 Å². The van der Waals surface area contributed by atoms with Gasteiger partial charge in [0.1, 0.15) is 24.7 Å². The molecule has 1 fully saturated rings. The highest BCUT2D eigenvalue weighted by Crippen LogP contribution is 2.45. The number of nitrogens with one attached hydrogen (secondary N) is 1. The van der Waals surface area contributed by atoms with Gasteiger partial charge in [-0.3, -0.25) is 0 Å². The van der Waals surface area contributed by atoms with Gasteiger partial charge in [-0.1, -0.05) is 71.9 Å². The van der Waals surface area contributed by atoms with E-state index in [1.807, 2.05) is 54.6 Å². The number of rotatable bonds is 1. The smallest absolute Gasteiger partial charge is 0.124 e. The van der Waals surface area contributed by atoms with E-state index in [1.165, 1.54) is 0 Å². The van der Waals surface area contributed by atoms with Crippen molar-refractivity contribution in [2.75, 3.05) is 26.4 Å². The lowest BCUT2D eigenvalue weighted by Crippen LogP contribution is -2.41. The van der Waals surface area contributed by atoms with E-state index in [0.717, 1.165) is 33.9 Å². The standard InChI is InChI=1S/C27H28N2O4/c30-29-23-18-22-20-10-4-6-12-24(20)32-16-14-31-15-17-33-25-13-7-5-11-21(25)27(28-22)26(23)19-8-2-1-3-9-19/h1-13,22,26-28,30H,14-18H2/b29-23-/t22-,26-,27+/m1/s1. The molecule has 6 heteroatoms. The molecule has 6 nitrogen and oxygen atoms in total. The van der Waals surface area contributed by atoms with Crippen molar-refractivity contribution in [1.29, 1.82) is 0 Å². The number of ether oxygens (including phenoxy) is 3. The van der Waals surface area contributed by atoms with Crippen molar-refractivity contribution in [2.45, 2.75) is 24.4 Å². The summed E-state index contributed by atoms with van der Waals surface area (Å²) in [5.74, 6) is 1.47. The lowest BCUT2D eigenvalue weighted by Gasteiger charge is -2.39. The van der Waals surface area contributed by atoms with Gasteiger partial charge >= 0.3 is 0 Å². The summed E-state index contributed by atoms with van der Waals surface area (Å²) in [7, 11) is 0. The molecule has 0 amide bonds. The Hall–Kier alpha value is -3.35. The molecule has 0 aromatic heterocycles. The molecule has 1 saturated heterocycles. The molecule has 2 aliphatic rings. The Kier molecular flexibility index (Phi) is 6.56. The lowest BCUT2D eigenvalue weighted by atomic mass is 9.76. The maximum Gasteiger partial charge on any atom is 0.124 e. The van der Waals surface area contributed by atoms with Crippen LogP contribution in [-0.4, -0.2) is 37.3 Å². The van der Waals surface area contributed by atoms with Crippen molar-refractivity contribution < 1.29 is 19.4 Å². The quantitative estimate of drug-likeness (QED) is 0.414. The predicted octanol–water partition coefficient (Wildman–Crippen LogP) is 4.86. The van der Waals surface area contributed by atoms with E-state index in [4.69, 9.17) is 14.2 Å². The Labute approximate surface area is 193 Å². The number of hydrogen-bond acceptors (Lipinski definition) is 6. The third kappa shape index (κ3) is 4.58. The van der Waals surface area contributed by atoms with Crippen LogP contribution in [0.1, 0.15) is 41.1 Å². The fraction of sp³-hybridized carbons (Fsp3) is 0.296. The van der Waals surface area contributed by atoms with Crippen LogP contribution < -0.4 is 14.8 Å². The minimum atomic E-state index is -0.162. The topological polar surface area (TPSA) is 72.3 Å². The molecule has 0 aliphatic carbocycles. The van der Waals surface area contributed by atoms with E-state index < -0.39 is 0 Å². The molecule has 3 atom stereocenters. The third-order valence-electron chi connectivity index (χ3n) is 6.29. The number of para-hydroxylation sites is 2. The van der Waals surface area contributed by atoms with Gasteiger partial charge in [-0.2, -0.15) is 0 Å². The fourth-order valence-electron chi connectivity index (χ4n) is 4.81. The second-order valence-corrected chi connectivity index (χ2v) is 8.27. The molecule has 33 heavy (non-hydrogen) atoms. The Morgan fingerprint density at radius 2 is 1.33 bits per heavy atom. The average molecular weight is 445 g/mol. The van der Waals surface area contributed by atoms with Crippen LogP contribution in [0, 0.1) is 0 Å². The van der Waals surface area contributed by atoms with Crippen molar-refractivity contribution in [2.24, 2.45) is 5.16 Å². The molecule has 0 spiro atoms.